The van der Waals surface area contributed by atoms with Gasteiger partial charge < -0.3 is 10.0 Å². The zero-order valence-electron chi connectivity index (χ0n) is 15.5. The first-order chi connectivity index (χ1) is 12.8. The molecule has 1 fully saturated rings. The third kappa shape index (κ3) is 4.48. The van der Waals surface area contributed by atoms with E-state index in [-0.39, 0.29) is 22.6 Å². The molecular formula is C20H24N2O4S. The summed E-state index contributed by atoms with van der Waals surface area (Å²) in [6.07, 6.45) is 1.10. The summed E-state index contributed by atoms with van der Waals surface area (Å²) in [5, 5.41) is 9.53. The molecule has 1 aliphatic heterocycles. The fraction of sp³-hybridized carbons (Fsp3) is 0.350. The molecule has 2 aromatic carbocycles. The van der Waals surface area contributed by atoms with E-state index in [0.717, 1.165) is 11.1 Å². The van der Waals surface area contributed by atoms with Crippen LogP contribution in [0.15, 0.2) is 47.4 Å². The van der Waals surface area contributed by atoms with E-state index in [9.17, 15) is 18.3 Å². The topological polar surface area (TPSA) is 86.7 Å². The van der Waals surface area contributed by atoms with Gasteiger partial charge in [0.25, 0.3) is 5.91 Å². The van der Waals surface area contributed by atoms with Gasteiger partial charge in [0.15, 0.2) is 0 Å². The molecule has 144 valence electrons. The van der Waals surface area contributed by atoms with Gasteiger partial charge in [-0.1, -0.05) is 12.1 Å². The number of carbonyl (C=O) groups excluding carboxylic acids is 1. The molecule has 0 bridgehead atoms. The van der Waals surface area contributed by atoms with Crippen molar-refractivity contribution in [2.24, 2.45) is 0 Å². The van der Waals surface area contributed by atoms with Crippen molar-refractivity contribution in [2.45, 2.75) is 37.6 Å². The molecule has 1 amide bonds. The van der Waals surface area contributed by atoms with Gasteiger partial charge in [0.2, 0.25) is 10.0 Å². The number of sulfonamides is 1. The zero-order chi connectivity index (χ0) is 19.6. The lowest BCUT2D eigenvalue weighted by Gasteiger charge is -2.32. The molecule has 2 aromatic rings. The maximum absolute atomic E-state index is 12.6. The number of nitrogens with one attached hydrogen (secondary N) is 1. The summed E-state index contributed by atoms with van der Waals surface area (Å²) in [5.41, 5.74) is 2.42. The fourth-order valence-corrected chi connectivity index (χ4v) is 4.58. The molecule has 0 atom stereocenters. The second-order valence-corrected chi connectivity index (χ2v) is 8.70. The molecule has 0 saturated carbocycles. The minimum absolute atomic E-state index is 0.0527. The van der Waals surface area contributed by atoms with Crippen LogP contribution in [0.2, 0.25) is 0 Å². The largest absolute Gasteiger partial charge is 0.508 e. The lowest BCUT2D eigenvalue weighted by Crippen LogP contribution is -2.46. The number of phenols is 1. The van der Waals surface area contributed by atoms with Crippen LogP contribution in [0.25, 0.3) is 0 Å². The minimum Gasteiger partial charge on any atom is -0.508 e. The molecule has 2 N–H and O–H groups in total. The molecular weight excluding hydrogens is 364 g/mol. The highest BCUT2D eigenvalue weighted by Crippen LogP contribution is 2.20. The lowest BCUT2D eigenvalue weighted by molar-refractivity contribution is 0.0711. The van der Waals surface area contributed by atoms with Crippen LogP contribution < -0.4 is 4.72 Å². The fourth-order valence-electron chi connectivity index (χ4n) is 3.19. The summed E-state index contributed by atoms with van der Waals surface area (Å²) in [7, 11) is -3.58. The number of aromatic hydroxyl groups is 1. The van der Waals surface area contributed by atoms with Gasteiger partial charge in [-0.3, -0.25) is 4.79 Å². The molecule has 7 heteroatoms. The maximum atomic E-state index is 12.6. The smallest absolute Gasteiger partial charge is 0.253 e. The van der Waals surface area contributed by atoms with Crippen LogP contribution in [0, 0.1) is 13.8 Å². The Morgan fingerprint density at radius 1 is 1.07 bits per heavy atom. The SMILES string of the molecule is Cc1ccc(S(=O)(=O)NC2CCN(C(=O)c3cccc(O)c3)CC2)cc1C. The third-order valence-electron chi connectivity index (χ3n) is 4.99. The third-order valence-corrected chi connectivity index (χ3v) is 6.50. The number of benzene rings is 2. The van der Waals surface area contributed by atoms with Gasteiger partial charge in [0, 0.05) is 24.7 Å². The van der Waals surface area contributed by atoms with Gasteiger partial charge in [-0.15, -0.1) is 0 Å². The van der Waals surface area contributed by atoms with Gasteiger partial charge in [-0.05, 0) is 68.1 Å². The highest BCUT2D eigenvalue weighted by Gasteiger charge is 2.27. The molecule has 0 unspecified atom stereocenters. The quantitative estimate of drug-likeness (QED) is 0.843. The van der Waals surface area contributed by atoms with Crippen molar-refractivity contribution >= 4 is 15.9 Å². The Bertz CT molecular complexity index is 948. The van der Waals surface area contributed by atoms with Crippen molar-refractivity contribution in [1.82, 2.24) is 9.62 Å². The molecule has 1 heterocycles. The normalized spacial score (nSPS) is 15.7. The number of hydrogen-bond acceptors (Lipinski definition) is 4. The van der Waals surface area contributed by atoms with E-state index in [1.807, 2.05) is 13.8 Å². The first-order valence-corrected chi connectivity index (χ1v) is 10.4. The summed E-state index contributed by atoms with van der Waals surface area (Å²) in [4.78, 5) is 14.5. The van der Waals surface area contributed by atoms with Crippen LogP contribution in [0.5, 0.6) is 5.75 Å². The highest BCUT2D eigenvalue weighted by molar-refractivity contribution is 7.89. The summed E-state index contributed by atoms with van der Waals surface area (Å²) >= 11 is 0. The number of amides is 1. The van der Waals surface area contributed by atoms with Crippen LogP contribution >= 0.6 is 0 Å². The van der Waals surface area contributed by atoms with E-state index in [1.54, 1.807) is 35.2 Å². The van der Waals surface area contributed by atoms with E-state index in [2.05, 4.69) is 4.72 Å². The first kappa shape index (κ1) is 19.4. The molecule has 1 aliphatic rings. The predicted molar refractivity (Wildman–Crippen MR) is 103 cm³/mol. The molecule has 1 saturated heterocycles. The number of rotatable bonds is 4. The number of hydrogen-bond donors (Lipinski definition) is 2. The number of piperidine rings is 1. The molecule has 27 heavy (non-hydrogen) atoms. The van der Waals surface area contributed by atoms with E-state index in [4.69, 9.17) is 0 Å². The Labute approximate surface area is 159 Å². The second kappa shape index (κ2) is 7.70. The Morgan fingerprint density at radius 3 is 2.41 bits per heavy atom. The van der Waals surface area contributed by atoms with Gasteiger partial charge in [-0.2, -0.15) is 0 Å². The summed E-state index contributed by atoms with van der Waals surface area (Å²) in [6, 6.07) is 11.2. The van der Waals surface area contributed by atoms with Crippen molar-refractivity contribution in [3.8, 4) is 5.75 Å². The Balaban J connectivity index is 1.62. The predicted octanol–water partition coefficient (Wildman–Crippen LogP) is 2.59. The number of likely N-dealkylation sites (tertiary alicyclic amines) is 1. The number of nitrogens with zero attached hydrogens (tertiary/aromatic N) is 1. The molecule has 0 aliphatic carbocycles. The molecule has 0 aromatic heterocycles. The van der Waals surface area contributed by atoms with Crippen molar-refractivity contribution in [2.75, 3.05) is 13.1 Å². The van der Waals surface area contributed by atoms with Crippen molar-refractivity contribution in [1.29, 1.82) is 0 Å². The van der Waals surface area contributed by atoms with Crippen LogP contribution in [-0.4, -0.2) is 43.5 Å². The molecule has 6 nitrogen and oxygen atoms in total. The Hall–Kier alpha value is -2.38. The zero-order valence-corrected chi connectivity index (χ0v) is 16.3. The Kier molecular flexibility index (Phi) is 5.53. The standard InChI is InChI=1S/C20H24N2O4S/c1-14-6-7-19(12-15(14)2)27(25,26)21-17-8-10-22(11-9-17)20(24)16-4-3-5-18(23)13-16/h3-7,12-13,17,21,23H,8-11H2,1-2H3. The summed E-state index contributed by atoms with van der Waals surface area (Å²) in [6.45, 7) is 4.77. The van der Waals surface area contributed by atoms with Crippen LogP contribution in [-0.2, 0) is 10.0 Å². The van der Waals surface area contributed by atoms with Crippen molar-refractivity contribution in [3.63, 3.8) is 0 Å². The summed E-state index contributed by atoms with van der Waals surface area (Å²) in [5.74, 6) is -0.0988. The lowest BCUT2D eigenvalue weighted by atomic mass is 10.0. The summed E-state index contributed by atoms with van der Waals surface area (Å²) < 4.78 is 28.0. The monoisotopic (exact) mass is 388 g/mol. The average Bonchev–Trinajstić information content (AvgIpc) is 2.63. The van der Waals surface area contributed by atoms with Crippen LogP contribution in [0.3, 0.4) is 0 Å². The molecule has 0 radical (unpaired) electrons. The second-order valence-electron chi connectivity index (χ2n) is 6.98. The average molecular weight is 388 g/mol. The van der Waals surface area contributed by atoms with E-state index in [1.165, 1.54) is 12.1 Å². The van der Waals surface area contributed by atoms with Crippen LogP contribution in [0.4, 0.5) is 0 Å². The van der Waals surface area contributed by atoms with Gasteiger partial charge in [0.05, 0.1) is 4.90 Å². The molecule has 0 spiro atoms. The van der Waals surface area contributed by atoms with Crippen LogP contribution in [0.1, 0.15) is 34.3 Å². The number of phenolic OH excluding ortho intramolecular Hbond substituents is 1. The minimum atomic E-state index is -3.58. The molecule has 3 rings (SSSR count). The highest BCUT2D eigenvalue weighted by atomic mass is 32.2. The van der Waals surface area contributed by atoms with Gasteiger partial charge >= 0.3 is 0 Å². The Morgan fingerprint density at radius 2 is 1.78 bits per heavy atom. The maximum Gasteiger partial charge on any atom is 0.253 e. The van der Waals surface area contributed by atoms with E-state index in [0.29, 0.717) is 31.5 Å². The number of aryl methyl sites for hydroxylation is 2. The van der Waals surface area contributed by atoms with Gasteiger partial charge in [-0.25, -0.2) is 13.1 Å². The van der Waals surface area contributed by atoms with Gasteiger partial charge in [0.1, 0.15) is 5.75 Å². The first-order valence-electron chi connectivity index (χ1n) is 8.94. The van der Waals surface area contributed by atoms with E-state index >= 15 is 0 Å². The van der Waals surface area contributed by atoms with Crippen molar-refractivity contribution in [3.05, 3.63) is 59.2 Å². The number of carbonyl (C=O) groups is 1. The van der Waals surface area contributed by atoms with Crippen molar-refractivity contribution < 1.29 is 18.3 Å². The van der Waals surface area contributed by atoms with E-state index < -0.39 is 10.0 Å².